The minimum atomic E-state index is -0.663. The zero-order valence-corrected chi connectivity index (χ0v) is 6.43. The first-order valence-corrected chi connectivity index (χ1v) is 3.63. The van der Waals surface area contributed by atoms with Crippen molar-refractivity contribution in [1.82, 2.24) is 0 Å². The molecule has 0 saturated heterocycles. The summed E-state index contributed by atoms with van der Waals surface area (Å²) in [7, 11) is 0. The summed E-state index contributed by atoms with van der Waals surface area (Å²) < 4.78 is 11.9. The lowest BCUT2D eigenvalue weighted by Crippen LogP contribution is -2.03. The second-order valence-electron chi connectivity index (χ2n) is 2.74. The first-order chi connectivity index (χ1) is 5.16. The highest BCUT2D eigenvalue weighted by Gasteiger charge is 2.26. The number of allylic oxidation sites excluding steroid dienone is 1. The molecule has 0 aromatic rings. The Kier molecular flexibility index (Phi) is 2.39. The Bertz CT molecular complexity index is 208. The Morgan fingerprint density at radius 1 is 1.73 bits per heavy atom. The Morgan fingerprint density at radius 2 is 2.36 bits per heavy atom. The SMILES string of the molecule is CC1=C(CCF)C(=O)CC1O. The number of rotatable bonds is 2. The molecule has 1 unspecified atom stereocenters. The van der Waals surface area contributed by atoms with Crippen LogP contribution in [-0.4, -0.2) is 23.7 Å². The quantitative estimate of drug-likeness (QED) is 0.650. The predicted octanol–water partition coefficient (Wildman–Crippen LogP) is 0.996. The van der Waals surface area contributed by atoms with Gasteiger partial charge in [0.1, 0.15) is 0 Å². The van der Waals surface area contributed by atoms with Gasteiger partial charge in [0.05, 0.1) is 12.8 Å². The lowest BCUT2D eigenvalue weighted by molar-refractivity contribution is -0.116. The number of aliphatic hydroxyl groups is 1. The first kappa shape index (κ1) is 8.40. The topological polar surface area (TPSA) is 37.3 Å². The van der Waals surface area contributed by atoms with Crippen molar-refractivity contribution in [2.45, 2.75) is 25.9 Å². The third-order valence-electron chi connectivity index (χ3n) is 2.04. The number of hydrogen-bond donors (Lipinski definition) is 1. The molecule has 0 aliphatic heterocycles. The molecule has 0 aromatic heterocycles. The van der Waals surface area contributed by atoms with E-state index in [2.05, 4.69) is 0 Å². The van der Waals surface area contributed by atoms with Gasteiger partial charge in [-0.1, -0.05) is 0 Å². The fraction of sp³-hybridized carbons (Fsp3) is 0.625. The summed E-state index contributed by atoms with van der Waals surface area (Å²) in [6, 6.07) is 0. The van der Waals surface area contributed by atoms with E-state index in [0.29, 0.717) is 11.1 Å². The van der Waals surface area contributed by atoms with Gasteiger partial charge in [0.2, 0.25) is 0 Å². The number of hydrogen-bond acceptors (Lipinski definition) is 2. The van der Waals surface area contributed by atoms with E-state index in [1.807, 2.05) is 0 Å². The molecule has 2 nitrogen and oxygen atoms in total. The van der Waals surface area contributed by atoms with Crippen molar-refractivity contribution >= 4 is 5.78 Å². The van der Waals surface area contributed by atoms with Crippen LogP contribution in [0, 0.1) is 0 Å². The van der Waals surface area contributed by atoms with Crippen LogP contribution in [0.5, 0.6) is 0 Å². The fourth-order valence-corrected chi connectivity index (χ4v) is 1.30. The Hall–Kier alpha value is -0.700. The molecule has 0 amide bonds. The molecule has 62 valence electrons. The van der Waals surface area contributed by atoms with Gasteiger partial charge in [0.25, 0.3) is 0 Å². The Morgan fingerprint density at radius 3 is 2.73 bits per heavy atom. The van der Waals surface area contributed by atoms with E-state index < -0.39 is 12.8 Å². The van der Waals surface area contributed by atoms with Crippen LogP contribution < -0.4 is 0 Å². The number of Topliss-reactive ketones (excluding diaryl/α,β-unsaturated/α-hetero) is 1. The molecule has 1 atom stereocenters. The highest BCUT2D eigenvalue weighted by Crippen LogP contribution is 2.25. The first-order valence-electron chi connectivity index (χ1n) is 3.63. The summed E-state index contributed by atoms with van der Waals surface area (Å²) in [4.78, 5) is 11.0. The summed E-state index contributed by atoms with van der Waals surface area (Å²) in [5, 5.41) is 9.16. The van der Waals surface area contributed by atoms with Crippen molar-refractivity contribution in [1.29, 1.82) is 0 Å². The zero-order valence-electron chi connectivity index (χ0n) is 6.43. The largest absolute Gasteiger partial charge is 0.388 e. The van der Waals surface area contributed by atoms with Crippen LogP contribution >= 0.6 is 0 Å². The highest BCUT2D eigenvalue weighted by molar-refractivity contribution is 5.99. The molecule has 0 heterocycles. The Labute approximate surface area is 64.7 Å². The zero-order chi connectivity index (χ0) is 8.43. The maximum absolute atomic E-state index is 11.9. The van der Waals surface area contributed by atoms with Crippen molar-refractivity contribution in [3.05, 3.63) is 11.1 Å². The minimum Gasteiger partial charge on any atom is -0.388 e. The normalized spacial score (nSPS) is 25.0. The van der Waals surface area contributed by atoms with Crippen LogP contribution in [0.3, 0.4) is 0 Å². The van der Waals surface area contributed by atoms with Gasteiger partial charge in [-0.05, 0) is 18.1 Å². The van der Waals surface area contributed by atoms with Gasteiger partial charge in [0.15, 0.2) is 5.78 Å². The van der Waals surface area contributed by atoms with Gasteiger partial charge in [-0.3, -0.25) is 9.18 Å². The molecule has 0 spiro atoms. The smallest absolute Gasteiger partial charge is 0.161 e. The van der Waals surface area contributed by atoms with E-state index in [4.69, 9.17) is 5.11 Å². The summed E-state index contributed by atoms with van der Waals surface area (Å²) >= 11 is 0. The van der Waals surface area contributed by atoms with Crippen molar-refractivity contribution in [2.75, 3.05) is 6.67 Å². The van der Waals surface area contributed by atoms with Crippen molar-refractivity contribution < 1.29 is 14.3 Å². The molecule has 0 aromatic carbocycles. The van der Waals surface area contributed by atoms with Crippen molar-refractivity contribution in [2.24, 2.45) is 0 Å². The van der Waals surface area contributed by atoms with E-state index in [9.17, 15) is 9.18 Å². The van der Waals surface area contributed by atoms with Crippen molar-refractivity contribution in [3.63, 3.8) is 0 Å². The number of halogens is 1. The molecule has 1 aliphatic carbocycles. The van der Waals surface area contributed by atoms with E-state index in [-0.39, 0.29) is 18.6 Å². The standard InChI is InChI=1S/C8H11FO2/c1-5-6(2-3-9)8(11)4-7(5)10/h7,10H,2-4H2,1H3. The van der Waals surface area contributed by atoms with E-state index in [1.165, 1.54) is 0 Å². The van der Waals surface area contributed by atoms with Crippen LogP contribution in [0.4, 0.5) is 4.39 Å². The number of carbonyl (C=O) groups is 1. The molecule has 11 heavy (non-hydrogen) atoms. The summed E-state index contributed by atoms with van der Waals surface area (Å²) in [6.45, 7) is 1.16. The Balaban J connectivity index is 2.79. The third-order valence-corrected chi connectivity index (χ3v) is 2.04. The molecule has 1 rings (SSSR count). The number of carbonyl (C=O) groups excluding carboxylic acids is 1. The van der Waals surface area contributed by atoms with E-state index >= 15 is 0 Å². The monoisotopic (exact) mass is 158 g/mol. The van der Waals surface area contributed by atoms with E-state index in [0.717, 1.165) is 0 Å². The second kappa shape index (κ2) is 3.13. The van der Waals surface area contributed by atoms with Crippen LogP contribution in [-0.2, 0) is 4.79 Å². The third kappa shape index (κ3) is 1.48. The van der Waals surface area contributed by atoms with Crippen molar-refractivity contribution in [3.8, 4) is 0 Å². The van der Waals surface area contributed by atoms with Gasteiger partial charge in [-0.15, -0.1) is 0 Å². The average Bonchev–Trinajstić information content (AvgIpc) is 2.17. The molecule has 0 bridgehead atoms. The number of alkyl halides is 1. The maximum atomic E-state index is 11.9. The number of ketones is 1. The lowest BCUT2D eigenvalue weighted by atomic mass is 10.1. The predicted molar refractivity (Wildman–Crippen MR) is 38.9 cm³/mol. The van der Waals surface area contributed by atoms with Crippen LogP contribution in [0.25, 0.3) is 0 Å². The fourth-order valence-electron chi connectivity index (χ4n) is 1.30. The second-order valence-corrected chi connectivity index (χ2v) is 2.74. The molecular weight excluding hydrogens is 147 g/mol. The highest BCUT2D eigenvalue weighted by atomic mass is 19.1. The van der Waals surface area contributed by atoms with Gasteiger partial charge in [0, 0.05) is 12.8 Å². The maximum Gasteiger partial charge on any atom is 0.161 e. The lowest BCUT2D eigenvalue weighted by Gasteiger charge is -1.99. The summed E-state index contributed by atoms with van der Waals surface area (Å²) in [5.41, 5.74) is 1.13. The van der Waals surface area contributed by atoms with E-state index in [1.54, 1.807) is 6.92 Å². The molecule has 0 saturated carbocycles. The summed E-state index contributed by atoms with van der Waals surface area (Å²) in [5.74, 6) is -0.104. The molecule has 0 radical (unpaired) electrons. The molecule has 1 N–H and O–H groups in total. The molecule has 0 fully saturated rings. The van der Waals surface area contributed by atoms with Gasteiger partial charge >= 0.3 is 0 Å². The van der Waals surface area contributed by atoms with Crippen LogP contribution in [0.15, 0.2) is 11.1 Å². The molecule has 3 heteroatoms. The van der Waals surface area contributed by atoms with Crippen LogP contribution in [0.2, 0.25) is 0 Å². The molecular formula is C8H11FO2. The number of aliphatic hydroxyl groups excluding tert-OH is 1. The average molecular weight is 158 g/mol. The summed E-state index contributed by atoms with van der Waals surface area (Å²) in [6.07, 6.45) is -0.368. The van der Waals surface area contributed by atoms with Gasteiger partial charge in [-0.2, -0.15) is 0 Å². The minimum absolute atomic E-state index is 0.104. The van der Waals surface area contributed by atoms with Gasteiger partial charge < -0.3 is 5.11 Å². The molecule has 1 aliphatic rings. The van der Waals surface area contributed by atoms with Crippen LogP contribution in [0.1, 0.15) is 19.8 Å². The van der Waals surface area contributed by atoms with Gasteiger partial charge in [-0.25, -0.2) is 0 Å².